The van der Waals surface area contributed by atoms with Crippen molar-refractivity contribution in [1.82, 2.24) is 0 Å². The van der Waals surface area contributed by atoms with Crippen molar-refractivity contribution < 1.29 is 27.2 Å². The molecule has 0 aromatic heterocycles. The van der Waals surface area contributed by atoms with E-state index in [0.717, 1.165) is 0 Å². The Morgan fingerprint density at radius 3 is 0.850 bits per heavy atom. The number of carbonyl (C=O) groups excluding carboxylic acids is 2. The van der Waals surface area contributed by atoms with Gasteiger partial charge in [0.15, 0.2) is 0 Å². The highest BCUT2D eigenvalue weighted by Gasteiger charge is 2.85. The molecule has 100 valence electrons. The minimum atomic E-state index is -4.75. The molecule has 4 atom stereocenters. The van der Waals surface area contributed by atoms with Crippen molar-refractivity contribution in [3.8, 4) is 24.3 Å². The molecule has 0 amide bonds. The number of halogens is 4. The Balaban J connectivity index is 3.93. The molecule has 0 aromatic carbocycles. The minimum Gasteiger partial charge on any atom is -0.289 e. The van der Waals surface area contributed by atoms with E-state index in [0.29, 0.717) is 0 Å². The van der Waals surface area contributed by atoms with Gasteiger partial charge in [0, 0.05) is 0 Å². The van der Waals surface area contributed by atoms with Gasteiger partial charge in [0.1, 0.15) is 24.3 Å². The van der Waals surface area contributed by atoms with Gasteiger partial charge < -0.3 is 0 Å². The van der Waals surface area contributed by atoms with Gasteiger partial charge in [0.25, 0.3) is 0 Å². The molecule has 6 nitrogen and oxygen atoms in total. The third-order valence-corrected chi connectivity index (χ3v) is 2.82. The van der Waals surface area contributed by atoms with Gasteiger partial charge in [-0.05, 0) is 0 Å². The summed E-state index contributed by atoms with van der Waals surface area (Å²) >= 11 is 0. The highest BCUT2D eigenvalue weighted by molar-refractivity contribution is 6.20. The van der Waals surface area contributed by atoms with Crippen LogP contribution in [-0.4, -0.2) is 34.2 Å². The SMILES string of the molecule is N#CC1(F)C(=O)C(F)(C#N)C(F)(C#N)C(=O)C1(F)C#N. The lowest BCUT2D eigenvalue weighted by Crippen LogP contribution is -2.77. The van der Waals surface area contributed by atoms with E-state index in [2.05, 4.69) is 0 Å². The molecule has 4 unspecified atom stereocenters. The fourth-order valence-electron chi connectivity index (χ4n) is 1.61. The van der Waals surface area contributed by atoms with Crippen LogP contribution in [0.15, 0.2) is 0 Å². The van der Waals surface area contributed by atoms with Crippen LogP contribution in [-0.2, 0) is 9.59 Å². The van der Waals surface area contributed by atoms with Crippen LogP contribution in [0.5, 0.6) is 0 Å². The number of ketones is 2. The zero-order valence-electron chi connectivity index (χ0n) is 9.12. The molecule has 1 aliphatic rings. The zero-order valence-corrected chi connectivity index (χ0v) is 9.12. The molecule has 20 heavy (non-hydrogen) atoms. The van der Waals surface area contributed by atoms with Crippen LogP contribution in [0.3, 0.4) is 0 Å². The van der Waals surface area contributed by atoms with Crippen molar-refractivity contribution in [2.24, 2.45) is 0 Å². The molecular weight excluding hydrogens is 284 g/mol. The van der Waals surface area contributed by atoms with E-state index < -0.39 is 34.2 Å². The Hall–Kier alpha value is -2.98. The average Bonchev–Trinajstić information content (AvgIpc) is 2.48. The fourth-order valence-corrected chi connectivity index (χ4v) is 1.61. The topological polar surface area (TPSA) is 129 Å². The summed E-state index contributed by atoms with van der Waals surface area (Å²) in [5, 5.41) is 33.6. The highest BCUT2D eigenvalue weighted by atomic mass is 19.2. The van der Waals surface area contributed by atoms with Gasteiger partial charge in [0.2, 0.25) is 11.6 Å². The monoisotopic (exact) mass is 284 g/mol. The van der Waals surface area contributed by atoms with E-state index in [4.69, 9.17) is 21.0 Å². The first-order valence-electron chi connectivity index (χ1n) is 4.56. The van der Waals surface area contributed by atoms with Crippen LogP contribution in [0.2, 0.25) is 0 Å². The maximum Gasteiger partial charge on any atom is 0.312 e. The first-order chi connectivity index (χ1) is 9.05. The van der Waals surface area contributed by atoms with Crippen molar-refractivity contribution in [1.29, 1.82) is 21.0 Å². The van der Waals surface area contributed by atoms with Gasteiger partial charge in [-0.3, -0.25) is 9.59 Å². The molecule has 1 aliphatic carbocycles. The molecule has 0 N–H and O–H groups in total. The predicted molar refractivity (Wildman–Crippen MR) is 47.8 cm³/mol. The second-order valence-electron chi connectivity index (χ2n) is 3.74. The van der Waals surface area contributed by atoms with Gasteiger partial charge in [-0.15, -0.1) is 0 Å². The number of hydrogen-bond acceptors (Lipinski definition) is 6. The number of hydrogen-bond donors (Lipinski definition) is 0. The summed E-state index contributed by atoms with van der Waals surface area (Å²) in [4.78, 5) is 22.8. The van der Waals surface area contributed by atoms with Crippen LogP contribution < -0.4 is 0 Å². The van der Waals surface area contributed by atoms with Gasteiger partial charge >= 0.3 is 22.7 Å². The summed E-state index contributed by atoms with van der Waals surface area (Å²) in [7, 11) is 0. The quantitative estimate of drug-likeness (QED) is 0.578. The first-order valence-corrected chi connectivity index (χ1v) is 4.56. The summed E-state index contributed by atoms with van der Waals surface area (Å²) in [6.07, 6.45) is 0. The van der Waals surface area contributed by atoms with Crippen LogP contribution in [0.25, 0.3) is 0 Å². The lowest BCUT2D eigenvalue weighted by atomic mass is 9.61. The molecule has 1 fully saturated rings. The number of Topliss-reactive ketones (excluding diaryl/α,β-unsaturated/α-hetero) is 2. The number of carbonyl (C=O) groups is 2. The van der Waals surface area contributed by atoms with E-state index in [1.807, 2.05) is 0 Å². The van der Waals surface area contributed by atoms with E-state index in [-0.39, 0.29) is 24.3 Å². The van der Waals surface area contributed by atoms with Crippen LogP contribution in [0.4, 0.5) is 17.6 Å². The summed E-state index contributed by atoms with van der Waals surface area (Å²) in [6, 6.07) is 1.01. The second-order valence-corrected chi connectivity index (χ2v) is 3.74. The third-order valence-electron chi connectivity index (χ3n) is 2.82. The normalized spacial score (nSPS) is 43.8. The smallest absolute Gasteiger partial charge is 0.289 e. The van der Waals surface area contributed by atoms with Gasteiger partial charge in [-0.2, -0.15) is 21.0 Å². The maximum absolute atomic E-state index is 14.0. The van der Waals surface area contributed by atoms with E-state index in [1.165, 1.54) is 0 Å². The lowest BCUT2D eigenvalue weighted by Gasteiger charge is -2.40. The highest BCUT2D eigenvalue weighted by Crippen LogP contribution is 2.49. The number of nitrogens with zero attached hydrogens (tertiary/aromatic N) is 4. The number of alkyl halides is 4. The summed E-state index contributed by atoms with van der Waals surface area (Å²) in [5.74, 6) is -5.91. The van der Waals surface area contributed by atoms with Crippen LogP contribution >= 0.6 is 0 Å². The average molecular weight is 284 g/mol. The van der Waals surface area contributed by atoms with Crippen molar-refractivity contribution in [2.75, 3.05) is 0 Å². The van der Waals surface area contributed by atoms with Crippen molar-refractivity contribution in [2.45, 2.75) is 22.7 Å². The number of nitriles is 4. The molecule has 0 heterocycles. The molecule has 10 heteroatoms. The fraction of sp³-hybridized carbons (Fsp3) is 0.400. The third kappa shape index (κ3) is 1.13. The van der Waals surface area contributed by atoms with Crippen molar-refractivity contribution in [3.05, 3.63) is 0 Å². The van der Waals surface area contributed by atoms with Gasteiger partial charge in [0.05, 0.1) is 0 Å². The maximum atomic E-state index is 14.0. The van der Waals surface area contributed by atoms with E-state index in [1.54, 1.807) is 0 Å². The van der Waals surface area contributed by atoms with Crippen LogP contribution in [0, 0.1) is 45.3 Å². The zero-order chi connectivity index (χ0) is 16.0. The lowest BCUT2D eigenvalue weighted by molar-refractivity contribution is -0.174. The summed E-state index contributed by atoms with van der Waals surface area (Å²) < 4.78 is 55.8. The first kappa shape index (κ1) is 15.1. The minimum absolute atomic E-state index is 0.252. The Morgan fingerprint density at radius 2 is 0.750 bits per heavy atom. The van der Waals surface area contributed by atoms with Crippen molar-refractivity contribution in [3.63, 3.8) is 0 Å². The molecule has 0 saturated heterocycles. The largest absolute Gasteiger partial charge is 0.312 e. The molecule has 1 rings (SSSR count). The molecule has 1 saturated carbocycles. The number of rotatable bonds is 0. The predicted octanol–water partition coefficient (Wildman–Crippen LogP) is 0.0657. The summed E-state index contributed by atoms with van der Waals surface area (Å²) in [6.45, 7) is 0. The molecule has 0 radical (unpaired) electrons. The second kappa shape index (κ2) is 3.76. The molecule has 0 bridgehead atoms. The van der Waals surface area contributed by atoms with E-state index in [9.17, 15) is 27.2 Å². The van der Waals surface area contributed by atoms with Gasteiger partial charge in [-0.1, -0.05) is 0 Å². The van der Waals surface area contributed by atoms with Crippen molar-refractivity contribution >= 4 is 11.6 Å². The Morgan fingerprint density at radius 1 is 0.600 bits per heavy atom. The molecule has 0 aromatic rings. The van der Waals surface area contributed by atoms with E-state index >= 15 is 0 Å². The molecule has 0 aliphatic heterocycles. The van der Waals surface area contributed by atoms with Crippen LogP contribution in [0.1, 0.15) is 0 Å². The standard InChI is InChI=1S/C10F4N4O2/c11-7(1-15)5(19)9(13,3-17)10(14,4-18)6(20)8(7,12)2-16. The van der Waals surface area contributed by atoms with Gasteiger partial charge in [-0.25, -0.2) is 17.6 Å². The Kier molecular flexibility index (Phi) is 2.83. The summed E-state index contributed by atoms with van der Waals surface area (Å²) in [5.41, 5.74) is -19.0. The molecular formula is C10F4N4O2. The Labute approximate surface area is 108 Å². The Bertz CT molecular complexity index is 582. The molecule has 0 spiro atoms.